The number of alkyl halides is 3. The largest absolute Gasteiger partial charge is 0.433 e. The number of hydrogen-bond donors (Lipinski definition) is 2. The van der Waals surface area contributed by atoms with E-state index in [9.17, 15) is 22.8 Å². The summed E-state index contributed by atoms with van der Waals surface area (Å²) in [6, 6.07) is 0.386. The number of rotatable bonds is 5. The van der Waals surface area contributed by atoms with E-state index < -0.39 is 17.4 Å². The van der Waals surface area contributed by atoms with Crippen molar-refractivity contribution in [3.8, 4) is 0 Å². The fourth-order valence-electron chi connectivity index (χ4n) is 1.41. The molecule has 0 spiro atoms. The Morgan fingerprint density at radius 3 is 2.80 bits per heavy atom. The van der Waals surface area contributed by atoms with Crippen LogP contribution in [0.5, 0.6) is 0 Å². The van der Waals surface area contributed by atoms with Gasteiger partial charge in [0, 0.05) is 12.6 Å². The first-order valence-corrected chi connectivity index (χ1v) is 6.91. The van der Waals surface area contributed by atoms with Gasteiger partial charge in [-0.25, -0.2) is 4.98 Å². The number of halogens is 3. The lowest BCUT2D eigenvalue weighted by Gasteiger charge is -2.07. The summed E-state index contributed by atoms with van der Waals surface area (Å²) < 4.78 is 37.4. The molecule has 1 fully saturated rings. The summed E-state index contributed by atoms with van der Waals surface area (Å²) in [6.07, 6.45) is -2.50. The predicted molar refractivity (Wildman–Crippen MR) is 66.3 cm³/mol. The third-order valence-electron chi connectivity index (χ3n) is 2.64. The molecule has 110 valence electrons. The lowest BCUT2D eigenvalue weighted by atomic mass is 10.4. The molecule has 0 unspecified atom stereocenters. The van der Waals surface area contributed by atoms with Gasteiger partial charge in [0.2, 0.25) is 5.91 Å². The third kappa shape index (κ3) is 4.55. The summed E-state index contributed by atoms with van der Waals surface area (Å²) in [6.45, 7) is 0.589. The highest BCUT2D eigenvalue weighted by atomic mass is 32.2. The van der Waals surface area contributed by atoms with Crippen LogP contribution in [0, 0.1) is 5.92 Å². The minimum atomic E-state index is -4.68. The standard InChI is InChI=1S/C11H12F3N3O2S/c12-11(13,14)7-3-8(18)17-10(16-7)20-5-9(19)15-4-6-1-2-6/h3,6H,1-2,4-5H2,(H,15,19)(H,16,17,18). The molecule has 0 atom stereocenters. The van der Waals surface area contributed by atoms with Crippen molar-refractivity contribution in [2.45, 2.75) is 24.2 Å². The Labute approximate surface area is 116 Å². The van der Waals surface area contributed by atoms with E-state index in [2.05, 4.69) is 15.3 Å². The first-order valence-electron chi connectivity index (χ1n) is 5.92. The number of hydrogen-bond acceptors (Lipinski definition) is 4. The highest BCUT2D eigenvalue weighted by Crippen LogP contribution is 2.28. The Kier molecular flexibility index (Phi) is 4.36. The van der Waals surface area contributed by atoms with Gasteiger partial charge in [-0.05, 0) is 18.8 Å². The summed E-state index contributed by atoms with van der Waals surface area (Å²) in [7, 11) is 0. The fraction of sp³-hybridized carbons (Fsp3) is 0.545. The van der Waals surface area contributed by atoms with Crippen LogP contribution in [0.25, 0.3) is 0 Å². The fourth-order valence-corrected chi connectivity index (χ4v) is 2.12. The van der Waals surface area contributed by atoms with Gasteiger partial charge in [-0.15, -0.1) is 0 Å². The Balaban J connectivity index is 1.93. The first-order chi connectivity index (χ1) is 9.34. The zero-order chi connectivity index (χ0) is 14.8. The molecular formula is C11H12F3N3O2S. The van der Waals surface area contributed by atoms with Crippen LogP contribution in [0.4, 0.5) is 13.2 Å². The lowest BCUT2D eigenvalue weighted by Crippen LogP contribution is -2.27. The molecule has 20 heavy (non-hydrogen) atoms. The van der Waals surface area contributed by atoms with Gasteiger partial charge in [0.1, 0.15) is 0 Å². The number of nitrogens with one attached hydrogen (secondary N) is 2. The molecule has 1 aliphatic carbocycles. The summed E-state index contributed by atoms with van der Waals surface area (Å²) >= 11 is 0.766. The van der Waals surface area contributed by atoms with Gasteiger partial charge in [0.25, 0.3) is 5.56 Å². The number of aromatic amines is 1. The summed E-state index contributed by atoms with van der Waals surface area (Å²) in [5.74, 6) is 0.147. The molecule has 1 aliphatic rings. The highest BCUT2D eigenvalue weighted by Gasteiger charge is 2.33. The third-order valence-corrected chi connectivity index (χ3v) is 3.51. The second-order valence-electron chi connectivity index (χ2n) is 4.47. The van der Waals surface area contributed by atoms with Crippen molar-refractivity contribution >= 4 is 17.7 Å². The number of aromatic nitrogens is 2. The van der Waals surface area contributed by atoms with Gasteiger partial charge >= 0.3 is 6.18 Å². The van der Waals surface area contributed by atoms with Crippen molar-refractivity contribution < 1.29 is 18.0 Å². The van der Waals surface area contributed by atoms with E-state index in [1.807, 2.05) is 0 Å². The van der Waals surface area contributed by atoms with E-state index in [1.165, 1.54) is 0 Å². The molecule has 1 amide bonds. The molecule has 0 radical (unpaired) electrons. The smallest absolute Gasteiger partial charge is 0.355 e. The average molecular weight is 307 g/mol. The molecule has 1 aromatic rings. The topological polar surface area (TPSA) is 74.8 Å². The molecule has 5 nitrogen and oxygen atoms in total. The van der Waals surface area contributed by atoms with Crippen LogP contribution in [0.1, 0.15) is 18.5 Å². The van der Waals surface area contributed by atoms with E-state index in [4.69, 9.17) is 0 Å². The molecule has 2 N–H and O–H groups in total. The monoisotopic (exact) mass is 307 g/mol. The molecule has 9 heteroatoms. The maximum atomic E-state index is 12.5. The van der Waals surface area contributed by atoms with Gasteiger partial charge in [0.05, 0.1) is 5.75 Å². The lowest BCUT2D eigenvalue weighted by molar-refractivity contribution is -0.141. The molecule has 1 saturated carbocycles. The van der Waals surface area contributed by atoms with Crippen LogP contribution in [-0.4, -0.2) is 28.2 Å². The average Bonchev–Trinajstić information content (AvgIpc) is 3.16. The van der Waals surface area contributed by atoms with Crippen LogP contribution in [0.3, 0.4) is 0 Å². The van der Waals surface area contributed by atoms with Gasteiger partial charge in [0.15, 0.2) is 10.9 Å². The number of nitrogens with zero attached hydrogens (tertiary/aromatic N) is 1. The van der Waals surface area contributed by atoms with Crippen molar-refractivity contribution in [3.05, 3.63) is 22.1 Å². The SMILES string of the molecule is O=C(CSc1nc(C(F)(F)F)cc(=O)[nH]1)NCC1CC1. The number of thioether (sulfide) groups is 1. The highest BCUT2D eigenvalue weighted by molar-refractivity contribution is 7.99. The molecule has 0 aromatic carbocycles. The van der Waals surface area contributed by atoms with E-state index in [0.29, 0.717) is 18.5 Å². The molecule has 0 saturated heterocycles. The predicted octanol–water partition coefficient (Wildman–Crippen LogP) is 1.41. The molecule has 1 aromatic heterocycles. The van der Waals surface area contributed by atoms with Crippen molar-refractivity contribution in [2.75, 3.05) is 12.3 Å². The van der Waals surface area contributed by atoms with Crippen LogP contribution in [0.15, 0.2) is 16.0 Å². The van der Waals surface area contributed by atoms with E-state index in [-0.39, 0.29) is 16.8 Å². The van der Waals surface area contributed by atoms with Crippen LogP contribution >= 0.6 is 11.8 Å². The molecule has 2 rings (SSSR count). The van der Waals surface area contributed by atoms with Crippen LogP contribution in [-0.2, 0) is 11.0 Å². The van der Waals surface area contributed by atoms with Crippen molar-refractivity contribution in [1.82, 2.24) is 15.3 Å². The van der Waals surface area contributed by atoms with Gasteiger partial charge in [-0.1, -0.05) is 11.8 Å². The quantitative estimate of drug-likeness (QED) is 0.637. The minimum Gasteiger partial charge on any atom is -0.355 e. The number of carbonyl (C=O) groups excluding carboxylic acids is 1. The van der Waals surface area contributed by atoms with E-state index >= 15 is 0 Å². The van der Waals surface area contributed by atoms with Gasteiger partial charge in [-0.3, -0.25) is 9.59 Å². The van der Waals surface area contributed by atoms with Gasteiger partial charge < -0.3 is 10.3 Å². The Morgan fingerprint density at radius 1 is 1.50 bits per heavy atom. The summed E-state index contributed by atoms with van der Waals surface area (Å²) in [4.78, 5) is 28.0. The van der Waals surface area contributed by atoms with Gasteiger partial charge in [-0.2, -0.15) is 13.2 Å². The van der Waals surface area contributed by atoms with Crippen molar-refractivity contribution in [1.29, 1.82) is 0 Å². The molecular weight excluding hydrogens is 295 g/mol. The normalized spacial score (nSPS) is 15.2. The van der Waals surface area contributed by atoms with E-state index in [0.717, 1.165) is 24.6 Å². The molecule has 1 heterocycles. The van der Waals surface area contributed by atoms with Crippen molar-refractivity contribution in [3.63, 3.8) is 0 Å². The number of carbonyl (C=O) groups is 1. The maximum absolute atomic E-state index is 12.5. The summed E-state index contributed by atoms with van der Waals surface area (Å²) in [5, 5.41) is 2.46. The second kappa shape index (κ2) is 5.86. The van der Waals surface area contributed by atoms with Crippen LogP contribution < -0.4 is 10.9 Å². The van der Waals surface area contributed by atoms with E-state index in [1.54, 1.807) is 0 Å². The Hall–Kier alpha value is -1.51. The first kappa shape index (κ1) is 14.9. The Morgan fingerprint density at radius 2 is 2.20 bits per heavy atom. The number of H-pyrrole nitrogens is 1. The Bertz CT molecular complexity index is 555. The maximum Gasteiger partial charge on any atom is 0.433 e. The zero-order valence-electron chi connectivity index (χ0n) is 10.3. The zero-order valence-corrected chi connectivity index (χ0v) is 11.1. The van der Waals surface area contributed by atoms with Crippen molar-refractivity contribution in [2.24, 2.45) is 5.92 Å². The number of amides is 1. The molecule has 0 aliphatic heterocycles. The minimum absolute atomic E-state index is 0.0863. The molecule has 0 bridgehead atoms. The van der Waals surface area contributed by atoms with Crippen LogP contribution in [0.2, 0.25) is 0 Å². The second-order valence-corrected chi connectivity index (χ2v) is 5.43. The summed E-state index contributed by atoms with van der Waals surface area (Å²) in [5.41, 5.74) is -2.16.